The van der Waals surface area contributed by atoms with Crippen LogP contribution < -0.4 is 16.0 Å². The Morgan fingerprint density at radius 2 is 1.75 bits per heavy atom. The molecule has 0 aliphatic carbocycles. The van der Waals surface area contributed by atoms with Crippen LogP contribution in [0, 0.1) is 0 Å². The Balaban J connectivity index is 2.06. The highest BCUT2D eigenvalue weighted by Gasteiger charge is 2.10. The first-order valence-corrected chi connectivity index (χ1v) is 10.0. The van der Waals surface area contributed by atoms with Crippen molar-refractivity contribution in [2.24, 2.45) is 4.99 Å². The number of aliphatic imine (C=N–C) groups is 1. The predicted octanol–water partition coefficient (Wildman–Crippen LogP) is 4.03. The fourth-order valence-corrected chi connectivity index (χ4v) is 2.74. The highest BCUT2D eigenvalue weighted by molar-refractivity contribution is 5.94. The van der Waals surface area contributed by atoms with Gasteiger partial charge in [-0.15, -0.1) is 0 Å². The predicted molar refractivity (Wildman–Crippen MR) is 116 cm³/mol. The number of carbonyl (C=O) groups is 1. The molecule has 2 atom stereocenters. The molecule has 2 aromatic rings. The summed E-state index contributed by atoms with van der Waals surface area (Å²) in [7, 11) is 0. The summed E-state index contributed by atoms with van der Waals surface area (Å²) >= 11 is 0. The van der Waals surface area contributed by atoms with Gasteiger partial charge in [0.1, 0.15) is 0 Å². The van der Waals surface area contributed by atoms with Crippen LogP contribution in [0.3, 0.4) is 0 Å². The van der Waals surface area contributed by atoms with Crippen molar-refractivity contribution in [3.63, 3.8) is 0 Å². The molecule has 0 saturated carbocycles. The number of nitrogens with one attached hydrogen (secondary N) is 3. The quantitative estimate of drug-likeness (QED) is 0.478. The van der Waals surface area contributed by atoms with Gasteiger partial charge in [0.25, 0.3) is 5.91 Å². The molecule has 0 fully saturated rings. The minimum atomic E-state index is -0.0390. The van der Waals surface area contributed by atoms with Crippen molar-refractivity contribution < 1.29 is 4.79 Å². The molecule has 2 aromatic carbocycles. The molecule has 1 amide bonds. The second kappa shape index (κ2) is 11.1. The number of hydrogen-bond donors (Lipinski definition) is 3. The molecular formula is C23H32N4O. The summed E-state index contributed by atoms with van der Waals surface area (Å²) < 4.78 is 0. The van der Waals surface area contributed by atoms with Crippen LogP contribution in [0.5, 0.6) is 0 Å². The fourth-order valence-electron chi connectivity index (χ4n) is 2.74. The first-order valence-electron chi connectivity index (χ1n) is 10.0. The number of nitrogens with zero attached hydrogens (tertiary/aromatic N) is 1. The Morgan fingerprint density at radius 1 is 1.00 bits per heavy atom. The summed E-state index contributed by atoms with van der Waals surface area (Å²) in [6, 6.07) is 18.2. The maximum atomic E-state index is 12.3. The van der Waals surface area contributed by atoms with Crippen LogP contribution in [0.25, 0.3) is 0 Å². The highest BCUT2D eigenvalue weighted by atomic mass is 16.1. The van der Waals surface area contributed by atoms with E-state index in [0.29, 0.717) is 12.1 Å². The molecule has 0 saturated heterocycles. The molecule has 2 rings (SSSR count). The van der Waals surface area contributed by atoms with E-state index in [2.05, 4.69) is 46.9 Å². The largest absolute Gasteiger partial charge is 0.357 e. The van der Waals surface area contributed by atoms with E-state index in [0.717, 1.165) is 24.5 Å². The van der Waals surface area contributed by atoms with Gasteiger partial charge in [0.05, 0.1) is 12.6 Å². The van der Waals surface area contributed by atoms with E-state index in [1.54, 1.807) is 0 Å². The Labute approximate surface area is 168 Å². The van der Waals surface area contributed by atoms with Crippen molar-refractivity contribution in [3.8, 4) is 0 Å². The van der Waals surface area contributed by atoms with Crippen molar-refractivity contribution in [3.05, 3.63) is 71.3 Å². The minimum Gasteiger partial charge on any atom is -0.357 e. The molecule has 0 aliphatic rings. The first-order chi connectivity index (χ1) is 13.5. The second-order valence-corrected chi connectivity index (χ2v) is 6.96. The molecule has 3 N–H and O–H groups in total. The maximum Gasteiger partial charge on any atom is 0.251 e. The number of guanidine groups is 1. The number of rotatable bonds is 8. The third-order valence-corrected chi connectivity index (χ3v) is 4.60. The SMILES string of the molecule is CCNC(=NCc1cccc(C(=O)NC(C)CC)c1)NC(C)c1ccccc1. The summed E-state index contributed by atoms with van der Waals surface area (Å²) in [6.07, 6.45) is 0.910. The van der Waals surface area contributed by atoms with E-state index in [1.165, 1.54) is 5.56 Å². The highest BCUT2D eigenvalue weighted by Crippen LogP contribution is 2.11. The third kappa shape index (κ3) is 6.72. The van der Waals surface area contributed by atoms with E-state index in [1.807, 2.05) is 56.3 Å². The van der Waals surface area contributed by atoms with Crippen LogP contribution in [0.1, 0.15) is 61.6 Å². The van der Waals surface area contributed by atoms with Crippen LogP contribution >= 0.6 is 0 Å². The summed E-state index contributed by atoms with van der Waals surface area (Å²) in [4.78, 5) is 17.0. The van der Waals surface area contributed by atoms with Gasteiger partial charge in [0.15, 0.2) is 5.96 Å². The van der Waals surface area contributed by atoms with Gasteiger partial charge in [0.2, 0.25) is 0 Å². The zero-order valence-corrected chi connectivity index (χ0v) is 17.3. The van der Waals surface area contributed by atoms with Crippen molar-refractivity contribution in [1.82, 2.24) is 16.0 Å². The molecule has 0 radical (unpaired) electrons. The van der Waals surface area contributed by atoms with Crippen LogP contribution in [0.2, 0.25) is 0 Å². The summed E-state index contributed by atoms with van der Waals surface area (Å²) in [5.74, 6) is 0.719. The number of hydrogen-bond acceptors (Lipinski definition) is 2. The fraction of sp³-hybridized carbons (Fsp3) is 0.391. The summed E-state index contributed by atoms with van der Waals surface area (Å²) in [5, 5.41) is 9.72. The molecule has 2 unspecified atom stereocenters. The van der Waals surface area contributed by atoms with Gasteiger partial charge in [-0.25, -0.2) is 4.99 Å². The second-order valence-electron chi connectivity index (χ2n) is 6.96. The van der Waals surface area contributed by atoms with Crippen LogP contribution in [0.15, 0.2) is 59.6 Å². The Hall–Kier alpha value is -2.82. The first kappa shape index (κ1) is 21.5. The lowest BCUT2D eigenvalue weighted by atomic mass is 10.1. The van der Waals surface area contributed by atoms with Gasteiger partial charge in [-0.1, -0.05) is 49.4 Å². The Morgan fingerprint density at radius 3 is 2.43 bits per heavy atom. The average Bonchev–Trinajstić information content (AvgIpc) is 2.72. The van der Waals surface area contributed by atoms with Crippen LogP contribution in [-0.4, -0.2) is 24.5 Å². The van der Waals surface area contributed by atoms with Crippen molar-refractivity contribution in [2.45, 2.75) is 52.7 Å². The van der Waals surface area contributed by atoms with Crippen molar-refractivity contribution in [1.29, 1.82) is 0 Å². The van der Waals surface area contributed by atoms with Crippen LogP contribution in [0.4, 0.5) is 0 Å². The lowest BCUT2D eigenvalue weighted by molar-refractivity contribution is 0.0939. The molecule has 5 heteroatoms. The van der Waals surface area contributed by atoms with Crippen molar-refractivity contribution >= 4 is 11.9 Å². The molecule has 5 nitrogen and oxygen atoms in total. The number of amides is 1. The summed E-state index contributed by atoms with van der Waals surface area (Å²) in [5.41, 5.74) is 2.88. The van der Waals surface area contributed by atoms with E-state index in [-0.39, 0.29) is 18.0 Å². The molecule has 0 heterocycles. The van der Waals surface area contributed by atoms with Crippen LogP contribution in [-0.2, 0) is 6.54 Å². The van der Waals surface area contributed by atoms with Gasteiger partial charge in [-0.05, 0) is 50.5 Å². The molecule has 0 aliphatic heterocycles. The lowest BCUT2D eigenvalue weighted by Crippen LogP contribution is -2.38. The molecule has 0 aromatic heterocycles. The molecule has 0 bridgehead atoms. The zero-order valence-electron chi connectivity index (χ0n) is 17.3. The molecule has 0 spiro atoms. The zero-order chi connectivity index (χ0) is 20.4. The third-order valence-electron chi connectivity index (χ3n) is 4.60. The maximum absolute atomic E-state index is 12.3. The van der Waals surface area contributed by atoms with Gasteiger partial charge >= 0.3 is 0 Å². The van der Waals surface area contributed by atoms with Crippen molar-refractivity contribution in [2.75, 3.05) is 6.54 Å². The normalized spacial score (nSPS) is 13.5. The molecular weight excluding hydrogens is 348 g/mol. The van der Waals surface area contributed by atoms with Gasteiger partial charge in [0, 0.05) is 18.2 Å². The van der Waals surface area contributed by atoms with Gasteiger partial charge in [-0.2, -0.15) is 0 Å². The molecule has 28 heavy (non-hydrogen) atoms. The average molecular weight is 381 g/mol. The molecule has 150 valence electrons. The Kier molecular flexibility index (Phi) is 8.53. The van der Waals surface area contributed by atoms with E-state index >= 15 is 0 Å². The summed E-state index contributed by atoms with van der Waals surface area (Å²) in [6.45, 7) is 9.51. The smallest absolute Gasteiger partial charge is 0.251 e. The lowest BCUT2D eigenvalue weighted by Gasteiger charge is -2.18. The van der Waals surface area contributed by atoms with Gasteiger partial charge in [-0.3, -0.25) is 4.79 Å². The van der Waals surface area contributed by atoms with E-state index in [9.17, 15) is 4.79 Å². The topological polar surface area (TPSA) is 65.5 Å². The van der Waals surface area contributed by atoms with E-state index in [4.69, 9.17) is 0 Å². The number of benzene rings is 2. The monoisotopic (exact) mass is 380 g/mol. The standard InChI is InChI=1S/C23H32N4O/c1-5-17(3)26-22(28)21-14-10-11-19(15-21)16-25-23(24-6-2)27-18(4)20-12-8-7-9-13-20/h7-15,17-18H,5-6,16H2,1-4H3,(H,26,28)(H2,24,25,27). The van der Waals surface area contributed by atoms with Gasteiger partial charge < -0.3 is 16.0 Å². The Bertz CT molecular complexity index is 773. The number of carbonyl (C=O) groups excluding carboxylic acids is 1. The minimum absolute atomic E-state index is 0.0390. The van der Waals surface area contributed by atoms with E-state index < -0.39 is 0 Å².